The Morgan fingerprint density at radius 2 is 2.05 bits per heavy atom. The summed E-state index contributed by atoms with van der Waals surface area (Å²) in [5.74, 6) is 0.934. The predicted molar refractivity (Wildman–Crippen MR) is 77.6 cm³/mol. The second kappa shape index (κ2) is 5.97. The van der Waals surface area contributed by atoms with E-state index in [1.807, 2.05) is 16.9 Å². The molecule has 102 valence electrons. The first kappa shape index (κ1) is 13.7. The minimum atomic E-state index is 0.819. The number of nitrogens with one attached hydrogen (secondary N) is 1. The number of aromatic nitrogens is 3. The van der Waals surface area contributed by atoms with Crippen LogP contribution >= 0.6 is 0 Å². The number of rotatable bonds is 5. The van der Waals surface area contributed by atoms with E-state index in [2.05, 4.69) is 49.2 Å². The topological polar surface area (TPSA) is 42.7 Å². The van der Waals surface area contributed by atoms with E-state index in [4.69, 9.17) is 0 Å². The van der Waals surface area contributed by atoms with Gasteiger partial charge in [-0.25, -0.2) is 9.67 Å². The highest BCUT2D eigenvalue weighted by Crippen LogP contribution is 2.19. The molecule has 0 bridgehead atoms. The van der Waals surface area contributed by atoms with E-state index < -0.39 is 0 Å². The lowest BCUT2D eigenvalue weighted by Gasteiger charge is -2.10. The molecule has 0 atom stereocenters. The first-order valence-electron chi connectivity index (χ1n) is 6.89. The zero-order valence-electron chi connectivity index (χ0n) is 12.2. The van der Waals surface area contributed by atoms with Gasteiger partial charge in [0.05, 0.1) is 5.69 Å². The standard InChI is InChI=1S/C15H22N4/c1-5-14-11(3)18-19(12(14)4)15-13(10-16-6-2)8-7-9-17-15/h7-9,16H,5-6,10H2,1-4H3. The highest BCUT2D eigenvalue weighted by atomic mass is 15.3. The molecule has 1 N–H and O–H groups in total. The van der Waals surface area contributed by atoms with Crippen LogP contribution in [0.15, 0.2) is 18.3 Å². The predicted octanol–water partition coefficient (Wildman–Crippen LogP) is 2.56. The van der Waals surface area contributed by atoms with Crippen molar-refractivity contribution in [2.45, 2.75) is 40.7 Å². The summed E-state index contributed by atoms with van der Waals surface area (Å²) in [4.78, 5) is 4.51. The van der Waals surface area contributed by atoms with Gasteiger partial charge >= 0.3 is 0 Å². The molecule has 0 saturated carbocycles. The van der Waals surface area contributed by atoms with Gasteiger partial charge in [0.1, 0.15) is 0 Å². The third-order valence-electron chi connectivity index (χ3n) is 3.43. The van der Waals surface area contributed by atoms with E-state index >= 15 is 0 Å². The summed E-state index contributed by atoms with van der Waals surface area (Å²) in [5.41, 5.74) is 4.79. The molecule has 2 heterocycles. The van der Waals surface area contributed by atoms with Gasteiger partial charge in [0, 0.05) is 24.0 Å². The molecule has 4 heteroatoms. The summed E-state index contributed by atoms with van der Waals surface area (Å²) in [6.45, 7) is 10.2. The van der Waals surface area contributed by atoms with Crippen LogP contribution in [-0.2, 0) is 13.0 Å². The van der Waals surface area contributed by atoms with Gasteiger partial charge in [0.15, 0.2) is 5.82 Å². The Balaban J connectivity index is 2.47. The number of aryl methyl sites for hydroxylation is 1. The van der Waals surface area contributed by atoms with Crippen LogP contribution in [0.3, 0.4) is 0 Å². The SMILES string of the molecule is CCNCc1cccnc1-n1nc(C)c(CC)c1C. The van der Waals surface area contributed by atoms with Crippen LogP contribution in [0.5, 0.6) is 0 Å². The van der Waals surface area contributed by atoms with E-state index in [1.165, 1.54) is 16.8 Å². The molecule has 0 aliphatic carbocycles. The average Bonchev–Trinajstić information content (AvgIpc) is 2.71. The molecule has 0 fully saturated rings. The Morgan fingerprint density at radius 3 is 2.68 bits per heavy atom. The fraction of sp³-hybridized carbons (Fsp3) is 0.467. The molecular formula is C15H22N4. The van der Waals surface area contributed by atoms with Gasteiger partial charge in [0.25, 0.3) is 0 Å². The minimum absolute atomic E-state index is 0.819. The van der Waals surface area contributed by atoms with Crippen molar-refractivity contribution in [3.05, 3.63) is 40.8 Å². The molecule has 0 amide bonds. The van der Waals surface area contributed by atoms with Crippen LogP contribution < -0.4 is 5.32 Å². The maximum Gasteiger partial charge on any atom is 0.158 e. The Kier molecular flexibility index (Phi) is 4.32. The molecule has 0 unspecified atom stereocenters. The van der Waals surface area contributed by atoms with E-state index in [0.29, 0.717) is 0 Å². The third-order valence-corrected chi connectivity index (χ3v) is 3.43. The zero-order valence-corrected chi connectivity index (χ0v) is 12.2. The first-order chi connectivity index (χ1) is 9.19. The third kappa shape index (κ3) is 2.68. The molecule has 2 aromatic heterocycles. The highest BCUT2D eigenvalue weighted by molar-refractivity contribution is 5.38. The number of hydrogen-bond donors (Lipinski definition) is 1. The summed E-state index contributed by atoms with van der Waals surface area (Å²) >= 11 is 0. The van der Waals surface area contributed by atoms with Crippen LogP contribution in [0.4, 0.5) is 0 Å². The summed E-state index contributed by atoms with van der Waals surface area (Å²) in [6, 6.07) is 4.08. The fourth-order valence-corrected chi connectivity index (χ4v) is 2.41. The van der Waals surface area contributed by atoms with Crippen molar-refractivity contribution < 1.29 is 0 Å². The molecule has 4 nitrogen and oxygen atoms in total. The first-order valence-corrected chi connectivity index (χ1v) is 6.89. The van der Waals surface area contributed by atoms with Crippen LogP contribution in [0, 0.1) is 13.8 Å². The van der Waals surface area contributed by atoms with Crippen molar-refractivity contribution in [1.82, 2.24) is 20.1 Å². The Bertz CT molecular complexity index is 557. The van der Waals surface area contributed by atoms with Crippen molar-refractivity contribution in [1.29, 1.82) is 0 Å². The Morgan fingerprint density at radius 1 is 1.26 bits per heavy atom. The normalized spacial score (nSPS) is 10.9. The summed E-state index contributed by atoms with van der Waals surface area (Å²) in [5, 5.41) is 7.99. The smallest absolute Gasteiger partial charge is 0.158 e. The Labute approximate surface area is 114 Å². The maximum absolute atomic E-state index is 4.65. The Hall–Kier alpha value is -1.68. The largest absolute Gasteiger partial charge is 0.313 e. The maximum atomic E-state index is 4.65. The summed E-state index contributed by atoms with van der Waals surface area (Å²) in [6.07, 6.45) is 2.83. The second-order valence-electron chi connectivity index (χ2n) is 4.68. The van der Waals surface area contributed by atoms with Crippen molar-refractivity contribution in [2.24, 2.45) is 0 Å². The van der Waals surface area contributed by atoms with E-state index in [1.54, 1.807) is 0 Å². The number of nitrogens with zero attached hydrogens (tertiary/aromatic N) is 3. The van der Waals surface area contributed by atoms with Gasteiger partial charge in [-0.3, -0.25) is 0 Å². The van der Waals surface area contributed by atoms with Crippen LogP contribution in [0.2, 0.25) is 0 Å². The molecule has 2 aromatic rings. The lowest BCUT2D eigenvalue weighted by atomic mass is 10.1. The molecular weight excluding hydrogens is 236 g/mol. The zero-order chi connectivity index (χ0) is 13.8. The quantitative estimate of drug-likeness (QED) is 0.896. The molecule has 0 spiro atoms. The average molecular weight is 258 g/mol. The molecule has 2 rings (SSSR count). The van der Waals surface area contributed by atoms with Gasteiger partial charge in [-0.1, -0.05) is 19.9 Å². The molecule has 19 heavy (non-hydrogen) atoms. The summed E-state index contributed by atoms with van der Waals surface area (Å²) in [7, 11) is 0. The van der Waals surface area contributed by atoms with E-state index in [0.717, 1.165) is 31.0 Å². The number of pyridine rings is 1. The molecule has 0 aliphatic heterocycles. The second-order valence-corrected chi connectivity index (χ2v) is 4.68. The fourth-order valence-electron chi connectivity index (χ4n) is 2.41. The molecule has 0 aliphatic rings. The van der Waals surface area contributed by atoms with Crippen LogP contribution in [0.1, 0.15) is 36.4 Å². The molecule has 0 aromatic carbocycles. The monoisotopic (exact) mass is 258 g/mol. The minimum Gasteiger partial charge on any atom is -0.313 e. The molecule has 0 saturated heterocycles. The highest BCUT2D eigenvalue weighted by Gasteiger charge is 2.14. The molecule has 0 radical (unpaired) electrons. The van der Waals surface area contributed by atoms with E-state index in [-0.39, 0.29) is 0 Å². The number of hydrogen-bond acceptors (Lipinski definition) is 3. The van der Waals surface area contributed by atoms with Crippen LogP contribution in [0.25, 0.3) is 5.82 Å². The van der Waals surface area contributed by atoms with Gasteiger partial charge in [-0.05, 0) is 38.4 Å². The van der Waals surface area contributed by atoms with Crippen LogP contribution in [-0.4, -0.2) is 21.3 Å². The van der Waals surface area contributed by atoms with Gasteiger partial charge < -0.3 is 5.32 Å². The van der Waals surface area contributed by atoms with Gasteiger partial charge in [-0.15, -0.1) is 0 Å². The summed E-state index contributed by atoms with van der Waals surface area (Å²) < 4.78 is 1.97. The van der Waals surface area contributed by atoms with Crippen molar-refractivity contribution in [3.63, 3.8) is 0 Å². The van der Waals surface area contributed by atoms with Crippen molar-refractivity contribution in [3.8, 4) is 5.82 Å². The lowest BCUT2D eigenvalue weighted by Crippen LogP contribution is -2.15. The van der Waals surface area contributed by atoms with Crippen molar-refractivity contribution in [2.75, 3.05) is 6.54 Å². The van der Waals surface area contributed by atoms with E-state index in [9.17, 15) is 0 Å². The van der Waals surface area contributed by atoms with Crippen molar-refractivity contribution >= 4 is 0 Å². The van der Waals surface area contributed by atoms with Gasteiger partial charge in [0.2, 0.25) is 0 Å². The van der Waals surface area contributed by atoms with Gasteiger partial charge in [-0.2, -0.15) is 5.10 Å². The lowest BCUT2D eigenvalue weighted by molar-refractivity contribution is 0.705.